The van der Waals surface area contributed by atoms with Gasteiger partial charge in [0.1, 0.15) is 17.5 Å². The van der Waals surface area contributed by atoms with Crippen molar-refractivity contribution < 1.29 is 4.74 Å². The molecule has 0 unspecified atom stereocenters. The lowest BCUT2D eigenvalue weighted by Crippen LogP contribution is -1.99. The van der Waals surface area contributed by atoms with Crippen molar-refractivity contribution in [2.45, 2.75) is 13.5 Å². The second-order valence-corrected chi connectivity index (χ2v) is 5.41. The van der Waals surface area contributed by atoms with Crippen molar-refractivity contribution in [1.82, 2.24) is 4.98 Å². The van der Waals surface area contributed by atoms with Crippen LogP contribution in [0.3, 0.4) is 0 Å². The number of aryl methyl sites for hydroxylation is 1. The number of hydrogen-bond donors (Lipinski definition) is 0. The van der Waals surface area contributed by atoms with Gasteiger partial charge in [-0.15, -0.1) is 0 Å². The molecule has 0 spiro atoms. The SMILES string of the molecule is Cc1cc(OCc2nc(Cl)ccc2Cl)ccc1Br. The highest BCUT2D eigenvalue weighted by Gasteiger charge is 2.05. The fraction of sp³-hybridized carbons (Fsp3) is 0.154. The Labute approximate surface area is 124 Å². The van der Waals surface area contributed by atoms with Crippen LogP contribution in [0.2, 0.25) is 10.2 Å². The van der Waals surface area contributed by atoms with Gasteiger partial charge >= 0.3 is 0 Å². The molecule has 0 aliphatic carbocycles. The van der Waals surface area contributed by atoms with Crippen molar-refractivity contribution in [1.29, 1.82) is 0 Å². The summed E-state index contributed by atoms with van der Waals surface area (Å²) >= 11 is 15.3. The Hall–Kier alpha value is -0.770. The standard InChI is InChI=1S/C13H10BrCl2NO/c1-8-6-9(2-3-10(8)14)18-7-12-11(15)4-5-13(16)17-12/h2-6H,7H2,1H3. The van der Waals surface area contributed by atoms with Crippen molar-refractivity contribution >= 4 is 39.1 Å². The largest absolute Gasteiger partial charge is 0.487 e. The zero-order valence-electron chi connectivity index (χ0n) is 9.58. The Balaban J connectivity index is 2.11. The van der Waals surface area contributed by atoms with E-state index in [4.69, 9.17) is 27.9 Å². The number of aromatic nitrogens is 1. The monoisotopic (exact) mass is 345 g/mol. The lowest BCUT2D eigenvalue weighted by molar-refractivity contribution is 0.301. The number of nitrogens with zero attached hydrogens (tertiary/aromatic N) is 1. The van der Waals surface area contributed by atoms with Crippen LogP contribution in [0.25, 0.3) is 0 Å². The van der Waals surface area contributed by atoms with E-state index in [9.17, 15) is 0 Å². The van der Waals surface area contributed by atoms with Crippen LogP contribution in [0.1, 0.15) is 11.3 Å². The summed E-state index contributed by atoms with van der Waals surface area (Å²) < 4.78 is 6.69. The average molecular weight is 347 g/mol. The molecule has 0 radical (unpaired) electrons. The van der Waals surface area contributed by atoms with Gasteiger partial charge in [-0.25, -0.2) is 4.98 Å². The zero-order chi connectivity index (χ0) is 13.1. The number of hydrogen-bond acceptors (Lipinski definition) is 2. The highest BCUT2D eigenvalue weighted by Crippen LogP contribution is 2.23. The summed E-state index contributed by atoms with van der Waals surface area (Å²) in [6, 6.07) is 9.13. The maximum Gasteiger partial charge on any atom is 0.132 e. The Morgan fingerprint density at radius 2 is 2.00 bits per heavy atom. The third-order valence-electron chi connectivity index (χ3n) is 2.39. The first-order valence-electron chi connectivity index (χ1n) is 5.26. The summed E-state index contributed by atoms with van der Waals surface area (Å²) in [6.45, 7) is 2.29. The van der Waals surface area contributed by atoms with E-state index in [-0.39, 0.29) is 0 Å². The second kappa shape index (κ2) is 5.91. The number of benzene rings is 1. The van der Waals surface area contributed by atoms with Gasteiger partial charge in [-0.1, -0.05) is 39.1 Å². The summed E-state index contributed by atoms with van der Waals surface area (Å²) in [6.07, 6.45) is 0. The fourth-order valence-electron chi connectivity index (χ4n) is 1.42. The third-order valence-corrected chi connectivity index (χ3v) is 3.83. The highest BCUT2D eigenvalue weighted by atomic mass is 79.9. The van der Waals surface area contributed by atoms with E-state index in [1.165, 1.54) is 0 Å². The first-order valence-corrected chi connectivity index (χ1v) is 6.81. The van der Waals surface area contributed by atoms with Crippen LogP contribution in [0, 0.1) is 6.92 Å². The number of ether oxygens (including phenoxy) is 1. The van der Waals surface area contributed by atoms with Crippen molar-refractivity contribution in [2.75, 3.05) is 0 Å². The summed E-state index contributed by atoms with van der Waals surface area (Å²) in [4.78, 5) is 4.13. The van der Waals surface area contributed by atoms with Crippen LogP contribution >= 0.6 is 39.1 Å². The van der Waals surface area contributed by atoms with Crippen molar-refractivity contribution in [3.05, 3.63) is 56.2 Å². The van der Waals surface area contributed by atoms with E-state index in [2.05, 4.69) is 20.9 Å². The molecular formula is C13H10BrCl2NO. The van der Waals surface area contributed by atoms with E-state index >= 15 is 0 Å². The van der Waals surface area contributed by atoms with Gasteiger partial charge in [0, 0.05) is 4.47 Å². The highest BCUT2D eigenvalue weighted by molar-refractivity contribution is 9.10. The Morgan fingerprint density at radius 3 is 2.72 bits per heavy atom. The molecule has 1 heterocycles. The molecule has 18 heavy (non-hydrogen) atoms. The molecule has 94 valence electrons. The number of rotatable bonds is 3. The molecule has 0 atom stereocenters. The van der Waals surface area contributed by atoms with E-state index in [1.807, 2.05) is 25.1 Å². The number of pyridine rings is 1. The van der Waals surface area contributed by atoms with Crippen LogP contribution in [0.4, 0.5) is 0 Å². The molecule has 0 aliphatic rings. The van der Waals surface area contributed by atoms with Gasteiger partial charge in [-0.05, 0) is 42.8 Å². The molecule has 1 aromatic heterocycles. The maximum atomic E-state index is 6.01. The van der Waals surface area contributed by atoms with Gasteiger partial charge in [0.05, 0.1) is 10.7 Å². The lowest BCUT2D eigenvalue weighted by atomic mass is 10.2. The quantitative estimate of drug-likeness (QED) is 0.726. The van der Waals surface area contributed by atoms with Crippen molar-refractivity contribution in [3.8, 4) is 5.75 Å². The summed E-state index contributed by atoms with van der Waals surface area (Å²) in [7, 11) is 0. The lowest BCUT2D eigenvalue weighted by Gasteiger charge is -2.08. The van der Waals surface area contributed by atoms with Crippen LogP contribution < -0.4 is 4.74 Å². The van der Waals surface area contributed by atoms with E-state index in [1.54, 1.807) is 12.1 Å². The topological polar surface area (TPSA) is 22.1 Å². The summed E-state index contributed by atoms with van der Waals surface area (Å²) in [5.41, 5.74) is 1.74. The minimum absolute atomic E-state index is 0.292. The molecule has 2 nitrogen and oxygen atoms in total. The Kier molecular flexibility index (Phi) is 4.49. The average Bonchev–Trinajstić information content (AvgIpc) is 2.34. The van der Waals surface area contributed by atoms with Gasteiger partial charge < -0.3 is 4.74 Å². The molecular weight excluding hydrogens is 337 g/mol. The molecule has 0 N–H and O–H groups in total. The van der Waals surface area contributed by atoms with E-state index in [0.29, 0.717) is 22.5 Å². The predicted molar refractivity (Wildman–Crippen MR) is 77.5 cm³/mol. The zero-order valence-corrected chi connectivity index (χ0v) is 12.7. The molecule has 0 saturated carbocycles. The predicted octanol–water partition coefficient (Wildman–Crippen LogP) is 5.04. The van der Waals surface area contributed by atoms with Crippen molar-refractivity contribution in [2.24, 2.45) is 0 Å². The van der Waals surface area contributed by atoms with Gasteiger partial charge in [0.15, 0.2) is 0 Å². The van der Waals surface area contributed by atoms with E-state index in [0.717, 1.165) is 15.8 Å². The molecule has 2 rings (SSSR count). The Morgan fingerprint density at radius 1 is 1.22 bits per heavy atom. The molecule has 1 aromatic carbocycles. The Bertz CT molecular complexity index is 575. The molecule has 2 aromatic rings. The van der Waals surface area contributed by atoms with Crippen molar-refractivity contribution in [3.63, 3.8) is 0 Å². The first kappa shape index (κ1) is 13.7. The molecule has 0 aliphatic heterocycles. The first-order chi connectivity index (χ1) is 8.56. The van der Waals surface area contributed by atoms with Crippen LogP contribution in [-0.2, 0) is 6.61 Å². The molecule has 0 fully saturated rings. The summed E-state index contributed by atoms with van der Waals surface area (Å²) in [5.74, 6) is 0.772. The van der Waals surface area contributed by atoms with Crippen LogP contribution in [0.5, 0.6) is 5.75 Å². The molecule has 0 amide bonds. The molecule has 0 saturated heterocycles. The van der Waals surface area contributed by atoms with Crippen LogP contribution in [-0.4, -0.2) is 4.98 Å². The van der Waals surface area contributed by atoms with Gasteiger partial charge in [-0.3, -0.25) is 0 Å². The third kappa shape index (κ3) is 3.37. The van der Waals surface area contributed by atoms with E-state index < -0.39 is 0 Å². The summed E-state index contributed by atoms with van der Waals surface area (Å²) in [5, 5.41) is 0.957. The van der Waals surface area contributed by atoms with Gasteiger partial charge in [0.2, 0.25) is 0 Å². The minimum Gasteiger partial charge on any atom is -0.487 e. The molecule has 0 bridgehead atoms. The van der Waals surface area contributed by atoms with Gasteiger partial charge in [0.25, 0.3) is 0 Å². The smallest absolute Gasteiger partial charge is 0.132 e. The maximum absolute atomic E-state index is 6.01. The second-order valence-electron chi connectivity index (χ2n) is 3.76. The fourth-order valence-corrected chi connectivity index (χ4v) is 1.99. The normalized spacial score (nSPS) is 10.4. The van der Waals surface area contributed by atoms with Crippen LogP contribution in [0.15, 0.2) is 34.8 Å². The minimum atomic E-state index is 0.292. The number of halogens is 3. The molecule has 5 heteroatoms. The van der Waals surface area contributed by atoms with Gasteiger partial charge in [-0.2, -0.15) is 0 Å².